The fourth-order valence-electron chi connectivity index (χ4n) is 2.41. The van der Waals surface area contributed by atoms with Crippen molar-refractivity contribution in [3.63, 3.8) is 0 Å². The van der Waals surface area contributed by atoms with Crippen LogP contribution >= 0.6 is 0 Å². The van der Waals surface area contributed by atoms with Gasteiger partial charge in [0.2, 0.25) is 0 Å². The van der Waals surface area contributed by atoms with E-state index < -0.39 is 12.1 Å². The average molecular weight is 321 g/mol. The van der Waals surface area contributed by atoms with Crippen molar-refractivity contribution in [3.8, 4) is 0 Å². The Morgan fingerprint density at radius 1 is 0.958 bits per heavy atom. The minimum atomic E-state index is -1.05. The van der Waals surface area contributed by atoms with Crippen molar-refractivity contribution < 1.29 is 19.4 Å². The van der Waals surface area contributed by atoms with Crippen LogP contribution in [-0.4, -0.2) is 17.2 Å². The molecular formula is C19H15NO4. The summed E-state index contributed by atoms with van der Waals surface area (Å²) in [6, 6.07) is 19.5. The van der Waals surface area contributed by atoms with E-state index in [2.05, 4.69) is 5.32 Å². The first-order valence-corrected chi connectivity index (χ1v) is 7.37. The molecule has 0 radical (unpaired) electrons. The molecule has 0 aromatic heterocycles. The molecule has 0 heterocycles. The molecule has 5 heteroatoms. The molecule has 1 amide bonds. The monoisotopic (exact) mass is 321 g/mol. The Balaban J connectivity index is 1.81. The highest BCUT2D eigenvalue weighted by Crippen LogP contribution is 2.26. The maximum absolute atomic E-state index is 12.0. The molecule has 0 aliphatic heterocycles. The number of fused-ring (bicyclic) bond motifs is 1. The fraction of sp³-hybridized carbons (Fsp3) is 0.0526. The molecule has 0 spiro atoms. The summed E-state index contributed by atoms with van der Waals surface area (Å²) >= 11 is 0. The molecule has 120 valence electrons. The van der Waals surface area contributed by atoms with Crippen molar-refractivity contribution in [2.24, 2.45) is 0 Å². The third-order valence-electron chi connectivity index (χ3n) is 3.56. The lowest BCUT2D eigenvalue weighted by Crippen LogP contribution is -2.14. The van der Waals surface area contributed by atoms with Crippen molar-refractivity contribution in [2.45, 2.75) is 6.61 Å². The number of carboxylic acid groups (broad SMARTS) is 1. The summed E-state index contributed by atoms with van der Waals surface area (Å²) < 4.78 is 5.18. The van der Waals surface area contributed by atoms with Crippen molar-refractivity contribution >= 4 is 28.5 Å². The standard InChI is InChI=1S/C19H15NO4/c21-18(22)15-10-14-8-4-5-9-16(14)17(11-15)20-19(23)24-12-13-6-2-1-3-7-13/h1-11H,12H2,(H,20,23)(H,21,22). The minimum absolute atomic E-state index is 0.104. The molecule has 0 atom stereocenters. The molecule has 0 saturated carbocycles. The van der Waals surface area contributed by atoms with Gasteiger partial charge in [-0.05, 0) is 23.1 Å². The number of aromatic carboxylic acids is 1. The third-order valence-corrected chi connectivity index (χ3v) is 3.56. The lowest BCUT2D eigenvalue weighted by molar-refractivity contribution is 0.0697. The largest absolute Gasteiger partial charge is 0.478 e. The molecule has 3 rings (SSSR count). The van der Waals surface area contributed by atoms with Gasteiger partial charge in [-0.3, -0.25) is 5.32 Å². The molecule has 3 aromatic rings. The Hall–Kier alpha value is -3.34. The molecule has 0 fully saturated rings. The van der Waals surface area contributed by atoms with E-state index in [-0.39, 0.29) is 12.2 Å². The number of hydrogen-bond donors (Lipinski definition) is 2. The summed E-state index contributed by atoms with van der Waals surface area (Å²) in [6.45, 7) is 0.142. The van der Waals surface area contributed by atoms with Gasteiger partial charge in [0.05, 0.1) is 11.3 Å². The first kappa shape index (κ1) is 15.6. The summed E-state index contributed by atoms with van der Waals surface area (Å²) in [5.74, 6) is -1.05. The second-order valence-electron chi connectivity index (χ2n) is 5.24. The average Bonchev–Trinajstić information content (AvgIpc) is 2.60. The summed E-state index contributed by atoms with van der Waals surface area (Å²) in [6.07, 6.45) is -0.633. The Morgan fingerprint density at radius 2 is 1.67 bits per heavy atom. The van der Waals surface area contributed by atoms with Gasteiger partial charge in [0.25, 0.3) is 0 Å². The van der Waals surface area contributed by atoms with Gasteiger partial charge in [0.1, 0.15) is 6.61 Å². The Bertz CT molecular complexity index is 890. The molecule has 3 aromatic carbocycles. The van der Waals surface area contributed by atoms with Gasteiger partial charge in [-0.2, -0.15) is 0 Å². The predicted molar refractivity (Wildman–Crippen MR) is 91.2 cm³/mol. The van der Waals surface area contributed by atoms with Crippen LogP contribution in [0.2, 0.25) is 0 Å². The summed E-state index contributed by atoms with van der Waals surface area (Å²) in [4.78, 5) is 23.3. The van der Waals surface area contributed by atoms with Crippen molar-refractivity contribution in [1.29, 1.82) is 0 Å². The molecule has 0 unspecified atom stereocenters. The van der Waals surface area contributed by atoms with E-state index in [0.29, 0.717) is 5.69 Å². The van der Waals surface area contributed by atoms with Gasteiger partial charge in [-0.1, -0.05) is 54.6 Å². The van der Waals surface area contributed by atoms with Crippen LogP contribution in [0.4, 0.5) is 10.5 Å². The lowest BCUT2D eigenvalue weighted by Gasteiger charge is -2.11. The van der Waals surface area contributed by atoms with Crippen molar-refractivity contribution in [1.82, 2.24) is 0 Å². The number of nitrogens with one attached hydrogen (secondary N) is 1. The van der Waals surface area contributed by atoms with Gasteiger partial charge in [-0.25, -0.2) is 9.59 Å². The lowest BCUT2D eigenvalue weighted by atomic mass is 10.0. The fourth-order valence-corrected chi connectivity index (χ4v) is 2.41. The number of rotatable bonds is 4. The molecule has 5 nitrogen and oxygen atoms in total. The van der Waals surface area contributed by atoms with Crippen molar-refractivity contribution in [2.75, 3.05) is 5.32 Å². The van der Waals surface area contributed by atoms with Gasteiger partial charge in [-0.15, -0.1) is 0 Å². The first-order chi connectivity index (χ1) is 11.6. The van der Waals surface area contributed by atoms with E-state index in [1.165, 1.54) is 6.07 Å². The van der Waals surface area contributed by atoms with E-state index in [1.54, 1.807) is 12.1 Å². The van der Waals surface area contributed by atoms with Crippen molar-refractivity contribution in [3.05, 3.63) is 77.9 Å². The van der Waals surface area contributed by atoms with Crippen LogP contribution in [0, 0.1) is 0 Å². The summed E-state index contributed by atoms with van der Waals surface area (Å²) in [5.41, 5.74) is 1.38. The SMILES string of the molecule is O=C(Nc1cc(C(=O)O)cc2ccccc12)OCc1ccccc1. The van der Waals surface area contributed by atoms with Crippen LogP contribution in [0.15, 0.2) is 66.7 Å². The van der Waals surface area contributed by atoms with E-state index in [0.717, 1.165) is 16.3 Å². The number of hydrogen-bond acceptors (Lipinski definition) is 3. The Labute approximate surface area is 138 Å². The van der Waals surface area contributed by atoms with Gasteiger partial charge in [0.15, 0.2) is 0 Å². The number of carbonyl (C=O) groups excluding carboxylic acids is 1. The molecule has 24 heavy (non-hydrogen) atoms. The number of carboxylic acids is 1. The summed E-state index contributed by atoms with van der Waals surface area (Å²) in [7, 11) is 0. The van der Waals surface area contributed by atoms with Crippen LogP contribution in [0.1, 0.15) is 15.9 Å². The van der Waals surface area contributed by atoms with Gasteiger partial charge >= 0.3 is 12.1 Å². The normalized spacial score (nSPS) is 10.3. The van der Waals surface area contributed by atoms with Gasteiger partial charge in [0, 0.05) is 5.39 Å². The van der Waals surface area contributed by atoms with Crippen LogP contribution in [0.25, 0.3) is 10.8 Å². The third kappa shape index (κ3) is 3.52. The van der Waals surface area contributed by atoms with Crippen LogP contribution < -0.4 is 5.32 Å². The smallest absolute Gasteiger partial charge is 0.411 e. The predicted octanol–water partition coefficient (Wildman–Crippen LogP) is 4.29. The number of amides is 1. The second-order valence-corrected chi connectivity index (χ2v) is 5.24. The number of ether oxygens (including phenoxy) is 1. The highest BCUT2D eigenvalue weighted by Gasteiger charge is 2.12. The van der Waals surface area contributed by atoms with Crippen LogP contribution in [0.5, 0.6) is 0 Å². The Morgan fingerprint density at radius 3 is 2.42 bits per heavy atom. The molecule has 0 saturated heterocycles. The first-order valence-electron chi connectivity index (χ1n) is 7.37. The minimum Gasteiger partial charge on any atom is -0.478 e. The molecule has 0 aliphatic carbocycles. The van der Waals surface area contributed by atoms with Gasteiger partial charge < -0.3 is 9.84 Å². The maximum atomic E-state index is 12.0. The van der Waals surface area contributed by atoms with E-state index >= 15 is 0 Å². The maximum Gasteiger partial charge on any atom is 0.411 e. The Kier molecular flexibility index (Phi) is 4.43. The number of anilines is 1. The van der Waals surface area contributed by atoms with E-state index in [1.807, 2.05) is 48.5 Å². The zero-order valence-electron chi connectivity index (χ0n) is 12.7. The quantitative estimate of drug-likeness (QED) is 0.752. The summed E-state index contributed by atoms with van der Waals surface area (Å²) in [5, 5.41) is 13.3. The highest BCUT2D eigenvalue weighted by atomic mass is 16.5. The molecular weight excluding hydrogens is 306 g/mol. The zero-order valence-corrected chi connectivity index (χ0v) is 12.7. The molecule has 0 bridgehead atoms. The topological polar surface area (TPSA) is 75.6 Å². The molecule has 0 aliphatic rings. The zero-order chi connectivity index (χ0) is 16.9. The number of benzene rings is 3. The highest BCUT2D eigenvalue weighted by molar-refractivity contribution is 6.04. The van der Waals surface area contributed by atoms with E-state index in [4.69, 9.17) is 4.74 Å². The van der Waals surface area contributed by atoms with Crippen LogP contribution in [0.3, 0.4) is 0 Å². The van der Waals surface area contributed by atoms with E-state index in [9.17, 15) is 14.7 Å². The van der Waals surface area contributed by atoms with Crippen LogP contribution in [-0.2, 0) is 11.3 Å². The second kappa shape index (κ2) is 6.83. The number of carbonyl (C=O) groups is 2. The molecule has 2 N–H and O–H groups in total.